The minimum absolute atomic E-state index is 0.356. The van der Waals surface area contributed by atoms with Crippen LogP contribution in [0.25, 0.3) is 0 Å². The maximum absolute atomic E-state index is 11.9. The Morgan fingerprint density at radius 2 is 1.75 bits per heavy atom. The third-order valence-electron chi connectivity index (χ3n) is 3.30. The number of carbonyl (C=O) groups excluding carboxylic acids is 2. The van der Waals surface area contributed by atoms with Gasteiger partial charge in [-0.15, -0.1) is 0 Å². The van der Waals surface area contributed by atoms with Gasteiger partial charge >= 0.3 is 5.97 Å². The van der Waals surface area contributed by atoms with Crippen LogP contribution in [-0.4, -0.2) is 46.5 Å². The maximum Gasteiger partial charge on any atom is 0.323 e. The molecule has 3 rings (SSSR count). The first-order valence-electron chi connectivity index (χ1n) is 5.00. The number of amides is 2. The molecule has 3 aliphatic heterocycles. The van der Waals surface area contributed by atoms with Gasteiger partial charge in [0.05, 0.1) is 24.0 Å². The molecule has 2 amide bonds. The summed E-state index contributed by atoms with van der Waals surface area (Å²) in [5.74, 6) is -3.05. The Balaban J connectivity index is 1.91. The number of imide groups is 1. The van der Waals surface area contributed by atoms with E-state index in [4.69, 9.17) is 9.84 Å². The zero-order chi connectivity index (χ0) is 11.4. The van der Waals surface area contributed by atoms with E-state index < -0.39 is 36.2 Å². The number of carbonyl (C=O) groups is 3. The normalized spacial score (nSPS) is 39.6. The summed E-state index contributed by atoms with van der Waals surface area (Å²) in [6.45, 7) is -0.551. The maximum atomic E-state index is 11.9. The highest BCUT2D eigenvalue weighted by molar-refractivity contribution is 6.08. The quantitative estimate of drug-likeness (QED) is 0.480. The van der Waals surface area contributed by atoms with E-state index >= 15 is 0 Å². The highest BCUT2D eigenvalue weighted by Crippen LogP contribution is 2.44. The van der Waals surface area contributed by atoms with Crippen LogP contribution in [-0.2, 0) is 19.1 Å². The van der Waals surface area contributed by atoms with Gasteiger partial charge in [0.25, 0.3) is 0 Å². The van der Waals surface area contributed by atoms with E-state index in [0.29, 0.717) is 0 Å². The van der Waals surface area contributed by atoms with E-state index in [1.807, 2.05) is 0 Å². The molecule has 0 radical (unpaired) electrons. The van der Waals surface area contributed by atoms with Gasteiger partial charge in [0.1, 0.15) is 6.54 Å². The molecule has 0 saturated carbocycles. The summed E-state index contributed by atoms with van der Waals surface area (Å²) >= 11 is 0. The Labute approximate surface area is 90.5 Å². The van der Waals surface area contributed by atoms with Crippen LogP contribution < -0.4 is 0 Å². The standard InChI is InChI=1S/C10H9NO5/c12-6(13)3-11-9(14)7-4-1-2-5(16-4)8(7)10(11)15/h1-2,4-5,7-8H,3H2,(H,12,13). The molecule has 0 aliphatic carbocycles. The number of carboxylic acids is 1. The molecular weight excluding hydrogens is 214 g/mol. The van der Waals surface area contributed by atoms with E-state index in [-0.39, 0.29) is 12.2 Å². The van der Waals surface area contributed by atoms with Crippen molar-refractivity contribution in [3.63, 3.8) is 0 Å². The summed E-state index contributed by atoms with van der Waals surface area (Å²) in [7, 11) is 0. The zero-order valence-electron chi connectivity index (χ0n) is 8.20. The van der Waals surface area contributed by atoms with Crippen LogP contribution in [0.3, 0.4) is 0 Å². The molecular formula is C10H9NO5. The first-order chi connectivity index (χ1) is 7.59. The highest BCUT2D eigenvalue weighted by Gasteiger charge is 2.60. The molecule has 4 atom stereocenters. The van der Waals surface area contributed by atoms with Crippen LogP contribution in [0.5, 0.6) is 0 Å². The average Bonchev–Trinajstić information content (AvgIpc) is 2.87. The lowest BCUT2D eigenvalue weighted by Gasteiger charge is -2.14. The molecule has 0 spiro atoms. The largest absolute Gasteiger partial charge is 0.480 e. The number of nitrogens with zero attached hydrogens (tertiary/aromatic N) is 1. The molecule has 6 heteroatoms. The van der Waals surface area contributed by atoms with Crippen molar-refractivity contribution in [2.75, 3.05) is 6.54 Å². The van der Waals surface area contributed by atoms with Crippen molar-refractivity contribution in [3.8, 4) is 0 Å². The van der Waals surface area contributed by atoms with Gasteiger partial charge in [-0.2, -0.15) is 0 Å². The number of rotatable bonds is 2. The number of likely N-dealkylation sites (tertiary alicyclic amines) is 1. The Kier molecular flexibility index (Phi) is 1.74. The third kappa shape index (κ3) is 1.02. The van der Waals surface area contributed by atoms with Crippen LogP contribution in [0, 0.1) is 11.8 Å². The molecule has 3 aliphatic rings. The van der Waals surface area contributed by atoms with Crippen molar-refractivity contribution in [2.24, 2.45) is 11.8 Å². The fourth-order valence-electron chi connectivity index (χ4n) is 2.66. The van der Waals surface area contributed by atoms with Crippen molar-refractivity contribution in [3.05, 3.63) is 12.2 Å². The molecule has 1 N–H and O–H groups in total. The number of hydrogen-bond donors (Lipinski definition) is 1. The molecule has 0 aromatic rings. The predicted octanol–water partition coefficient (Wildman–Crippen LogP) is -0.991. The number of aliphatic carboxylic acids is 1. The number of carboxylic acid groups (broad SMARTS) is 1. The Bertz CT molecular complexity index is 399. The van der Waals surface area contributed by atoms with Gasteiger partial charge in [0, 0.05) is 0 Å². The first-order valence-corrected chi connectivity index (χ1v) is 5.00. The van der Waals surface area contributed by atoms with Crippen molar-refractivity contribution in [1.29, 1.82) is 0 Å². The topological polar surface area (TPSA) is 83.9 Å². The van der Waals surface area contributed by atoms with Crippen molar-refractivity contribution >= 4 is 17.8 Å². The fraction of sp³-hybridized carbons (Fsp3) is 0.500. The lowest BCUT2D eigenvalue weighted by Crippen LogP contribution is -2.38. The Morgan fingerprint density at radius 1 is 1.25 bits per heavy atom. The van der Waals surface area contributed by atoms with E-state index in [1.54, 1.807) is 12.2 Å². The first kappa shape index (κ1) is 9.53. The Hall–Kier alpha value is -1.69. The summed E-state index contributed by atoms with van der Waals surface area (Å²) in [5.41, 5.74) is 0. The number of fused-ring (bicyclic) bond motifs is 5. The second-order valence-electron chi connectivity index (χ2n) is 4.16. The molecule has 4 unspecified atom stereocenters. The fourth-order valence-corrected chi connectivity index (χ4v) is 2.66. The monoisotopic (exact) mass is 223 g/mol. The summed E-state index contributed by atoms with van der Waals surface area (Å²) in [4.78, 5) is 35.1. The molecule has 3 heterocycles. The van der Waals surface area contributed by atoms with Crippen LogP contribution in [0.15, 0.2) is 12.2 Å². The van der Waals surface area contributed by atoms with Gasteiger partial charge in [0.15, 0.2) is 0 Å². The second-order valence-corrected chi connectivity index (χ2v) is 4.16. The van der Waals surface area contributed by atoms with Gasteiger partial charge in [-0.05, 0) is 0 Å². The van der Waals surface area contributed by atoms with Crippen LogP contribution >= 0.6 is 0 Å². The molecule has 2 saturated heterocycles. The van der Waals surface area contributed by atoms with Gasteiger partial charge in [-0.25, -0.2) is 0 Å². The van der Waals surface area contributed by atoms with Gasteiger partial charge in [-0.3, -0.25) is 19.3 Å². The minimum atomic E-state index is -1.18. The molecule has 2 bridgehead atoms. The summed E-state index contributed by atoms with van der Waals surface area (Å²) < 4.78 is 5.41. The van der Waals surface area contributed by atoms with Crippen molar-refractivity contribution in [1.82, 2.24) is 4.90 Å². The van der Waals surface area contributed by atoms with Crippen LogP contribution in [0.4, 0.5) is 0 Å². The summed E-state index contributed by atoms with van der Waals surface area (Å²) in [5, 5.41) is 8.63. The van der Waals surface area contributed by atoms with Gasteiger partial charge in [0.2, 0.25) is 11.8 Å². The lowest BCUT2D eigenvalue weighted by atomic mass is 9.85. The van der Waals surface area contributed by atoms with Crippen LogP contribution in [0.2, 0.25) is 0 Å². The van der Waals surface area contributed by atoms with E-state index in [1.165, 1.54) is 0 Å². The third-order valence-corrected chi connectivity index (χ3v) is 3.30. The zero-order valence-corrected chi connectivity index (χ0v) is 8.20. The van der Waals surface area contributed by atoms with Crippen molar-refractivity contribution < 1.29 is 24.2 Å². The molecule has 2 fully saturated rings. The van der Waals surface area contributed by atoms with E-state index in [9.17, 15) is 14.4 Å². The van der Waals surface area contributed by atoms with E-state index in [2.05, 4.69) is 0 Å². The molecule has 0 aromatic heterocycles. The van der Waals surface area contributed by atoms with Gasteiger partial charge < -0.3 is 9.84 Å². The second kappa shape index (κ2) is 2.91. The number of hydrogen-bond acceptors (Lipinski definition) is 4. The SMILES string of the molecule is O=C(O)CN1C(=O)C2C3C=CC(O3)C2C1=O. The van der Waals surface area contributed by atoms with Crippen LogP contribution in [0.1, 0.15) is 0 Å². The summed E-state index contributed by atoms with van der Waals surface area (Å²) in [6.07, 6.45) is 2.82. The van der Waals surface area contributed by atoms with Crippen molar-refractivity contribution in [2.45, 2.75) is 12.2 Å². The molecule has 84 valence electrons. The number of ether oxygens (including phenoxy) is 1. The Morgan fingerprint density at radius 3 is 2.19 bits per heavy atom. The lowest BCUT2D eigenvalue weighted by molar-refractivity contribution is -0.150. The average molecular weight is 223 g/mol. The predicted molar refractivity (Wildman–Crippen MR) is 49.1 cm³/mol. The smallest absolute Gasteiger partial charge is 0.323 e. The van der Waals surface area contributed by atoms with Gasteiger partial charge in [-0.1, -0.05) is 12.2 Å². The van der Waals surface area contributed by atoms with E-state index in [0.717, 1.165) is 4.90 Å². The molecule has 16 heavy (non-hydrogen) atoms. The summed E-state index contributed by atoms with van der Waals surface area (Å²) in [6, 6.07) is 0. The molecule has 6 nitrogen and oxygen atoms in total. The molecule has 0 aromatic carbocycles. The minimum Gasteiger partial charge on any atom is -0.480 e. The highest BCUT2D eigenvalue weighted by atomic mass is 16.5.